The molecule has 0 unspecified atom stereocenters. The summed E-state index contributed by atoms with van der Waals surface area (Å²) in [6, 6.07) is 5.41. The average Bonchev–Trinajstić information content (AvgIpc) is 3.02. The molecule has 2 aromatic heterocycles. The fraction of sp³-hybridized carbons (Fsp3) is 0.188. The van der Waals surface area contributed by atoms with Crippen LogP contribution in [0.1, 0.15) is 11.1 Å². The molecule has 0 amide bonds. The summed E-state index contributed by atoms with van der Waals surface area (Å²) in [5.41, 5.74) is 0.657. The lowest BCUT2D eigenvalue weighted by molar-refractivity contribution is -0.137. The highest BCUT2D eigenvalue weighted by molar-refractivity contribution is 8.21. The first kappa shape index (κ1) is 18.5. The second-order valence-electron chi connectivity index (χ2n) is 5.54. The second kappa shape index (κ2) is 7.16. The Balaban J connectivity index is 2.02. The van der Waals surface area contributed by atoms with Crippen molar-refractivity contribution in [1.29, 1.82) is 0 Å². The lowest BCUT2D eigenvalue weighted by Gasteiger charge is -2.13. The van der Waals surface area contributed by atoms with Crippen LogP contribution in [0.25, 0.3) is 11.3 Å². The van der Waals surface area contributed by atoms with Crippen molar-refractivity contribution in [2.45, 2.75) is 18.0 Å². The molecule has 0 aliphatic rings. The topological polar surface area (TPSA) is 55.6 Å². The second-order valence-corrected chi connectivity index (χ2v) is 6.62. The normalized spacial score (nSPS) is 11.6. The Hall–Kier alpha value is -2.26. The number of rotatable bonds is 4. The van der Waals surface area contributed by atoms with Crippen molar-refractivity contribution < 1.29 is 13.2 Å². The summed E-state index contributed by atoms with van der Waals surface area (Å²) in [6.07, 6.45) is -0.993. The van der Waals surface area contributed by atoms with Crippen LogP contribution in [0.5, 0.6) is 0 Å². The number of aromatic nitrogens is 4. The monoisotopic (exact) mass is 399 g/mol. The molecule has 136 valence electrons. The zero-order valence-electron chi connectivity index (χ0n) is 13.7. The molecule has 0 saturated heterocycles. The number of halogens is 4. The summed E-state index contributed by atoms with van der Waals surface area (Å²) in [6.45, 7) is 1.85. The summed E-state index contributed by atoms with van der Waals surface area (Å²) >= 11 is 0. The summed E-state index contributed by atoms with van der Waals surface area (Å²) < 4.78 is 41.3. The first-order valence-corrected chi connectivity index (χ1v) is 9.01. The van der Waals surface area contributed by atoms with Crippen LogP contribution in [-0.4, -0.2) is 19.7 Å². The first-order chi connectivity index (χ1) is 12.3. The van der Waals surface area contributed by atoms with Crippen molar-refractivity contribution in [2.75, 3.05) is 5.32 Å². The van der Waals surface area contributed by atoms with Gasteiger partial charge in [-0.2, -0.15) is 18.3 Å². The zero-order chi connectivity index (χ0) is 18.9. The summed E-state index contributed by atoms with van der Waals surface area (Å²) in [5, 5.41) is 6.87. The third-order valence-electron chi connectivity index (χ3n) is 3.61. The van der Waals surface area contributed by atoms with Gasteiger partial charge in [-0.15, -0.1) is 0 Å². The summed E-state index contributed by atoms with van der Waals surface area (Å²) in [4.78, 5) is 8.75. The maximum atomic E-state index is 13.3. The molecule has 26 heavy (non-hydrogen) atoms. The van der Waals surface area contributed by atoms with Crippen LogP contribution in [0.15, 0.2) is 41.7 Å². The van der Waals surface area contributed by atoms with Crippen LogP contribution in [0, 0.1) is 6.92 Å². The molecular formula is C16H13ClF3N5S. The predicted molar refractivity (Wildman–Crippen MR) is 95.4 cm³/mol. The SMILES string of the molecule is Cc1cc(SCl)ccc1Nc1ncc(C(F)(F)F)c(-c2cnn(C)c2)n1. The van der Waals surface area contributed by atoms with E-state index in [-0.39, 0.29) is 17.2 Å². The third-order valence-corrected chi connectivity index (χ3v) is 4.57. The van der Waals surface area contributed by atoms with Crippen LogP contribution in [0.2, 0.25) is 0 Å². The van der Waals surface area contributed by atoms with E-state index in [2.05, 4.69) is 20.4 Å². The molecule has 10 heteroatoms. The van der Waals surface area contributed by atoms with Gasteiger partial charge in [0.2, 0.25) is 5.95 Å². The van der Waals surface area contributed by atoms with Gasteiger partial charge < -0.3 is 5.32 Å². The zero-order valence-corrected chi connectivity index (χ0v) is 15.2. The Morgan fingerprint density at radius 1 is 1.23 bits per heavy atom. The smallest absolute Gasteiger partial charge is 0.324 e. The molecule has 0 saturated carbocycles. The number of benzene rings is 1. The Labute approximate surface area is 156 Å². The van der Waals surface area contributed by atoms with Gasteiger partial charge in [-0.05, 0) is 52.3 Å². The van der Waals surface area contributed by atoms with E-state index in [1.165, 1.54) is 17.1 Å². The number of anilines is 2. The van der Waals surface area contributed by atoms with E-state index in [0.29, 0.717) is 5.69 Å². The van der Waals surface area contributed by atoms with Crippen molar-refractivity contribution in [3.63, 3.8) is 0 Å². The van der Waals surface area contributed by atoms with E-state index >= 15 is 0 Å². The molecule has 1 N–H and O–H groups in total. The van der Waals surface area contributed by atoms with Crippen molar-refractivity contribution in [2.24, 2.45) is 7.05 Å². The lowest BCUT2D eigenvalue weighted by Crippen LogP contribution is -2.11. The molecule has 0 fully saturated rings. The number of aryl methyl sites for hydroxylation is 2. The van der Waals surface area contributed by atoms with E-state index in [0.717, 1.165) is 27.6 Å². The van der Waals surface area contributed by atoms with Gasteiger partial charge >= 0.3 is 6.18 Å². The third kappa shape index (κ3) is 3.94. The van der Waals surface area contributed by atoms with Crippen molar-refractivity contribution >= 4 is 33.3 Å². The quantitative estimate of drug-likeness (QED) is 0.654. The summed E-state index contributed by atoms with van der Waals surface area (Å²) in [7, 11) is 8.42. The Bertz CT molecular complexity index is 942. The van der Waals surface area contributed by atoms with Crippen LogP contribution in [0.3, 0.4) is 0 Å². The molecule has 0 radical (unpaired) electrons. The van der Waals surface area contributed by atoms with E-state index in [1.54, 1.807) is 19.2 Å². The molecule has 3 rings (SSSR count). The largest absolute Gasteiger partial charge is 0.419 e. The standard InChI is InChI=1S/C16H13ClF3N5S/c1-9-5-11(26-17)3-4-13(9)23-15-21-7-12(16(18,19)20)14(24-15)10-6-22-25(2)8-10/h3-8H,1-2H3,(H,21,23,24). The molecule has 0 bridgehead atoms. The minimum Gasteiger partial charge on any atom is -0.324 e. The maximum absolute atomic E-state index is 13.3. The van der Waals surface area contributed by atoms with Crippen molar-refractivity contribution in [3.8, 4) is 11.3 Å². The van der Waals surface area contributed by atoms with Crippen molar-refractivity contribution in [1.82, 2.24) is 19.7 Å². The predicted octanol–water partition coefficient (Wildman–Crippen LogP) is 5.19. The van der Waals surface area contributed by atoms with Gasteiger partial charge in [0.1, 0.15) is 5.56 Å². The van der Waals surface area contributed by atoms with E-state index in [1.807, 2.05) is 13.0 Å². The highest BCUT2D eigenvalue weighted by Gasteiger charge is 2.35. The molecular weight excluding hydrogens is 387 g/mol. The molecule has 0 aliphatic carbocycles. The number of hydrogen-bond donors (Lipinski definition) is 1. The minimum absolute atomic E-state index is 0.0613. The molecule has 0 atom stereocenters. The average molecular weight is 400 g/mol. The lowest BCUT2D eigenvalue weighted by atomic mass is 10.1. The van der Waals surface area contributed by atoms with Gasteiger partial charge in [0.15, 0.2) is 0 Å². The number of nitrogens with one attached hydrogen (secondary N) is 1. The van der Waals surface area contributed by atoms with Crippen LogP contribution < -0.4 is 5.32 Å². The fourth-order valence-corrected chi connectivity index (χ4v) is 2.99. The van der Waals surface area contributed by atoms with Gasteiger partial charge in [0, 0.05) is 35.6 Å². The van der Waals surface area contributed by atoms with Gasteiger partial charge in [-0.25, -0.2) is 9.97 Å². The van der Waals surface area contributed by atoms with E-state index in [9.17, 15) is 13.2 Å². The Morgan fingerprint density at radius 3 is 2.58 bits per heavy atom. The Kier molecular flexibility index (Phi) is 5.10. The highest BCUT2D eigenvalue weighted by Crippen LogP contribution is 2.36. The van der Waals surface area contributed by atoms with Crippen LogP contribution >= 0.6 is 21.7 Å². The number of alkyl halides is 3. The Morgan fingerprint density at radius 2 is 2.00 bits per heavy atom. The van der Waals surface area contributed by atoms with Gasteiger partial charge in [0.25, 0.3) is 0 Å². The highest BCUT2D eigenvalue weighted by atomic mass is 35.7. The molecule has 2 heterocycles. The fourth-order valence-electron chi connectivity index (χ4n) is 2.36. The molecule has 0 spiro atoms. The van der Waals surface area contributed by atoms with Crippen LogP contribution in [0.4, 0.5) is 24.8 Å². The molecule has 0 aliphatic heterocycles. The van der Waals surface area contributed by atoms with Crippen molar-refractivity contribution in [3.05, 3.63) is 47.9 Å². The van der Waals surface area contributed by atoms with E-state index < -0.39 is 11.7 Å². The van der Waals surface area contributed by atoms with Gasteiger partial charge in [-0.1, -0.05) is 0 Å². The molecule has 5 nitrogen and oxygen atoms in total. The first-order valence-electron chi connectivity index (χ1n) is 7.37. The maximum Gasteiger partial charge on any atom is 0.419 e. The van der Waals surface area contributed by atoms with Crippen LogP contribution in [-0.2, 0) is 13.2 Å². The molecule has 1 aromatic carbocycles. The van der Waals surface area contributed by atoms with E-state index in [4.69, 9.17) is 10.7 Å². The molecule has 3 aromatic rings. The summed E-state index contributed by atoms with van der Waals surface area (Å²) in [5.74, 6) is 0.0613. The number of nitrogens with zero attached hydrogens (tertiary/aromatic N) is 4. The van der Waals surface area contributed by atoms with Gasteiger partial charge in [0.05, 0.1) is 11.9 Å². The number of hydrogen-bond acceptors (Lipinski definition) is 5. The minimum atomic E-state index is -4.57. The van der Waals surface area contributed by atoms with Gasteiger partial charge in [-0.3, -0.25) is 4.68 Å².